The van der Waals surface area contributed by atoms with E-state index in [9.17, 15) is 14.4 Å². The van der Waals surface area contributed by atoms with Crippen LogP contribution in [0.3, 0.4) is 0 Å². The number of hydrogen-bond acceptors (Lipinski definition) is 4. The van der Waals surface area contributed by atoms with E-state index in [2.05, 4.69) is 16.7 Å². The molecule has 3 aromatic carbocycles. The molecule has 3 aromatic rings. The van der Waals surface area contributed by atoms with Gasteiger partial charge in [-0.05, 0) is 86.6 Å². The quantitative estimate of drug-likeness (QED) is 0.252. The molecule has 0 aliphatic heterocycles. The van der Waals surface area contributed by atoms with Crippen molar-refractivity contribution in [3.63, 3.8) is 0 Å². The van der Waals surface area contributed by atoms with Gasteiger partial charge in [0, 0.05) is 11.7 Å². The van der Waals surface area contributed by atoms with Crippen LogP contribution in [-0.4, -0.2) is 34.5 Å². The van der Waals surface area contributed by atoms with Crippen molar-refractivity contribution in [1.29, 1.82) is 0 Å². The average Bonchev–Trinajstić information content (AvgIpc) is 2.86. The number of anilines is 1. The lowest BCUT2D eigenvalue weighted by atomic mass is 9.93. The molecule has 2 atom stereocenters. The van der Waals surface area contributed by atoms with Crippen molar-refractivity contribution < 1.29 is 19.1 Å². The second-order valence-corrected chi connectivity index (χ2v) is 11.4. The van der Waals surface area contributed by atoms with Gasteiger partial charge in [-0.1, -0.05) is 68.8 Å². The molecule has 0 aliphatic rings. The van der Waals surface area contributed by atoms with Crippen molar-refractivity contribution in [2.45, 2.75) is 72.6 Å². The minimum atomic E-state index is -1.14. The fraction of sp³-hybridized carbons (Fsp3) is 0.364. The SMILES string of the molecule is C#CN(C(=O)C(CC(C)C)NC(=O)OC(C)(C)C)C(C(=O)Nc1ccc2ccccc2c1)c1c(C)cccc1C. The van der Waals surface area contributed by atoms with Crippen molar-refractivity contribution >= 4 is 34.4 Å². The number of hydrogen-bond donors (Lipinski definition) is 2. The lowest BCUT2D eigenvalue weighted by molar-refractivity contribution is -0.137. The molecule has 0 spiro atoms. The molecule has 3 amide bonds. The number of ether oxygens (including phenoxy) is 1. The molecule has 40 heavy (non-hydrogen) atoms. The molecule has 210 valence electrons. The van der Waals surface area contributed by atoms with Gasteiger partial charge in [-0.25, -0.2) is 4.79 Å². The largest absolute Gasteiger partial charge is 0.444 e. The molecule has 0 radical (unpaired) electrons. The van der Waals surface area contributed by atoms with E-state index in [-0.39, 0.29) is 5.92 Å². The fourth-order valence-electron chi connectivity index (χ4n) is 4.69. The summed E-state index contributed by atoms with van der Waals surface area (Å²) < 4.78 is 5.41. The van der Waals surface area contributed by atoms with Gasteiger partial charge < -0.3 is 15.4 Å². The Kier molecular flexibility index (Phi) is 9.60. The number of nitrogens with zero attached hydrogens (tertiary/aromatic N) is 1. The van der Waals surface area contributed by atoms with Gasteiger partial charge in [-0.2, -0.15) is 0 Å². The number of rotatable bonds is 8. The van der Waals surface area contributed by atoms with Gasteiger partial charge >= 0.3 is 6.09 Å². The number of nitrogens with one attached hydrogen (secondary N) is 2. The van der Waals surface area contributed by atoms with Crippen LogP contribution in [0.15, 0.2) is 60.7 Å². The maximum atomic E-state index is 14.0. The Hall–Kier alpha value is -4.31. The first-order valence-electron chi connectivity index (χ1n) is 13.5. The summed E-state index contributed by atoms with van der Waals surface area (Å²) in [5.41, 5.74) is 2.09. The highest BCUT2D eigenvalue weighted by atomic mass is 16.6. The molecule has 7 heteroatoms. The van der Waals surface area contributed by atoms with Crippen LogP contribution in [-0.2, 0) is 14.3 Å². The van der Waals surface area contributed by atoms with Crippen LogP contribution in [0.2, 0.25) is 0 Å². The predicted octanol–water partition coefficient (Wildman–Crippen LogP) is 6.50. The third kappa shape index (κ3) is 7.63. The Bertz CT molecular complexity index is 1410. The molecule has 0 aromatic heterocycles. The van der Waals surface area contributed by atoms with E-state index in [0.717, 1.165) is 26.8 Å². The zero-order valence-corrected chi connectivity index (χ0v) is 24.4. The Morgan fingerprint density at radius 1 is 0.950 bits per heavy atom. The van der Waals surface area contributed by atoms with Gasteiger partial charge in [-0.3, -0.25) is 14.5 Å². The topological polar surface area (TPSA) is 87.7 Å². The summed E-state index contributed by atoms with van der Waals surface area (Å²) in [5, 5.41) is 7.66. The molecule has 0 heterocycles. The number of fused-ring (bicyclic) bond motifs is 1. The van der Waals surface area contributed by atoms with Crippen molar-refractivity contribution in [3.8, 4) is 12.5 Å². The maximum absolute atomic E-state index is 14.0. The Morgan fingerprint density at radius 3 is 2.15 bits per heavy atom. The van der Waals surface area contributed by atoms with Crippen molar-refractivity contribution in [2.75, 3.05) is 5.32 Å². The van der Waals surface area contributed by atoms with Crippen LogP contribution in [0.4, 0.5) is 10.5 Å². The van der Waals surface area contributed by atoms with Gasteiger partial charge in [0.25, 0.3) is 11.8 Å². The molecule has 0 bridgehead atoms. The third-order valence-electron chi connectivity index (χ3n) is 6.41. The standard InChI is InChI=1S/C33H39N3O4/c1-9-36(31(38)27(19-21(2)3)35-32(39)40-33(6,7)8)29(28-22(4)13-12-14-23(28)5)30(37)34-26-18-17-24-15-10-11-16-25(24)20-26/h1,10-18,20-21,27,29H,19H2,2-8H3,(H,34,37)(H,35,39). The predicted molar refractivity (Wildman–Crippen MR) is 160 cm³/mol. The van der Waals surface area contributed by atoms with Crippen molar-refractivity contribution in [2.24, 2.45) is 5.92 Å². The first-order valence-corrected chi connectivity index (χ1v) is 13.5. The van der Waals surface area contributed by atoms with Gasteiger partial charge in [0.15, 0.2) is 0 Å². The van der Waals surface area contributed by atoms with Crippen molar-refractivity contribution in [3.05, 3.63) is 77.4 Å². The van der Waals surface area contributed by atoms with Crippen LogP contribution in [0.1, 0.15) is 63.8 Å². The molecule has 3 rings (SSSR count). The van der Waals surface area contributed by atoms with Gasteiger partial charge in [-0.15, -0.1) is 0 Å². The Morgan fingerprint density at radius 2 is 1.57 bits per heavy atom. The summed E-state index contributed by atoms with van der Waals surface area (Å²) in [7, 11) is 0. The van der Waals surface area contributed by atoms with Crippen LogP contribution < -0.4 is 10.6 Å². The second-order valence-electron chi connectivity index (χ2n) is 11.4. The molecule has 2 unspecified atom stereocenters. The van der Waals surface area contributed by atoms with E-state index < -0.39 is 35.6 Å². The van der Waals surface area contributed by atoms with Crippen LogP contribution in [0, 0.1) is 32.2 Å². The van der Waals surface area contributed by atoms with Crippen molar-refractivity contribution in [1.82, 2.24) is 10.2 Å². The van der Waals surface area contributed by atoms with E-state index >= 15 is 0 Å². The van der Waals surface area contributed by atoms with Gasteiger partial charge in [0.1, 0.15) is 17.7 Å². The number of carbonyl (C=O) groups is 3. The highest BCUT2D eigenvalue weighted by molar-refractivity contribution is 6.01. The normalized spacial score (nSPS) is 12.8. The molecule has 0 saturated heterocycles. The number of terminal acetylenes is 1. The molecule has 0 saturated carbocycles. The summed E-state index contributed by atoms with van der Waals surface area (Å²) in [5.74, 6) is -0.975. The van der Waals surface area contributed by atoms with E-state index in [1.165, 1.54) is 0 Å². The highest BCUT2D eigenvalue weighted by Crippen LogP contribution is 2.30. The van der Waals surface area contributed by atoms with E-state index in [1.807, 2.05) is 88.4 Å². The number of amides is 3. The Labute approximate surface area is 237 Å². The number of alkyl carbamates (subject to hydrolysis) is 1. The number of carbonyl (C=O) groups excluding carboxylic acids is 3. The molecule has 0 aliphatic carbocycles. The first-order chi connectivity index (χ1) is 18.8. The molecular weight excluding hydrogens is 502 g/mol. The fourth-order valence-corrected chi connectivity index (χ4v) is 4.69. The van der Waals surface area contributed by atoms with Gasteiger partial charge in [0.05, 0.1) is 0 Å². The molecule has 0 fully saturated rings. The van der Waals surface area contributed by atoms with Gasteiger partial charge in [0.2, 0.25) is 0 Å². The average molecular weight is 542 g/mol. The summed E-state index contributed by atoms with van der Waals surface area (Å²) >= 11 is 0. The highest BCUT2D eigenvalue weighted by Gasteiger charge is 2.37. The minimum absolute atomic E-state index is 0.0496. The number of benzene rings is 3. The smallest absolute Gasteiger partial charge is 0.408 e. The lowest BCUT2D eigenvalue weighted by Crippen LogP contribution is -2.51. The first kappa shape index (κ1) is 30.2. The third-order valence-corrected chi connectivity index (χ3v) is 6.41. The van der Waals surface area contributed by atoms with E-state index in [0.29, 0.717) is 17.7 Å². The Balaban J connectivity index is 2.03. The number of aryl methyl sites for hydroxylation is 2. The van der Waals surface area contributed by atoms with Crippen LogP contribution >= 0.6 is 0 Å². The van der Waals surface area contributed by atoms with E-state index in [1.54, 1.807) is 20.8 Å². The zero-order chi connectivity index (χ0) is 29.6. The monoisotopic (exact) mass is 541 g/mol. The maximum Gasteiger partial charge on any atom is 0.408 e. The second kappa shape index (κ2) is 12.7. The summed E-state index contributed by atoms with van der Waals surface area (Å²) in [6.45, 7) is 12.9. The molecule has 2 N–H and O–H groups in total. The summed E-state index contributed by atoms with van der Waals surface area (Å²) in [6, 6.07) is 19.4. The molecular formula is C33H39N3O4. The van der Waals surface area contributed by atoms with Crippen LogP contribution in [0.5, 0.6) is 0 Å². The lowest BCUT2D eigenvalue weighted by Gasteiger charge is -2.32. The molecule has 7 nitrogen and oxygen atoms in total. The minimum Gasteiger partial charge on any atom is -0.444 e. The van der Waals surface area contributed by atoms with E-state index in [4.69, 9.17) is 11.2 Å². The van der Waals surface area contributed by atoms with Crippen LogP contribution in [0.25, 0.3) is 10.8 Å². The zero-order valence-electron chi connectivity index (χ0n) is 24.4. The summed E-state index contributed by atoms with van der Waals surface area (Å²) in [4.78, 5) is 41.8. The summed E-state index contributed by atoms with van der Waals surface area (Å²) in [6.07, 6.45) is 5.53.